The molecule has 0 aliphatic heterocycles. The molecule has 1 aliphatic carbocycles. The Labute approximate surface area is 118 Å². The molecule has 0 spiro atoms. The van der Waals surface area contributed by atoms with Gasteiger partial charge in [-0.15, -0.1) is 11.3 Å². The molecule has 0 aromatic carbocycles. The molecule has 3 N–H and O–H groups in total. The number of aryl methyl sites for hydroxylation is 2. The van der Waals surface area contributed by atoms with Crippen molar-refractivity contribution < 1.29 is 4.79 Å². The van der Waals surface area contributed by atoms with E-state index in [9.17, 15) is 4.79 Å². The highest BCUT2D eigenvalue weighted by Crippen LogP contribution is 2.31. The van der Waals surface area contributed by atoms with E-state index in [1.165, 1.54) is 4.88 Å². The number of carbonyl (C=O) groups is 1. The Morgan fingerprint density at radius 3 is 2.84 bits per heavy atom. The van der Waals surface area contributed by atoms with E-state index in [1.54, 1.807) is 11.3 Å². The largest absolute Gasteiger partial charge is 0.349 e. The van der Waals surface area contributed by atoms with Crippen molar-refractivity contribution in [3.63, 3.8) is 0 Å². The van der Waals surface area contributed by atoms with E-state index in [-0.39, 0.29) is 17.4 Å². The van der Waals surface area contributed by atoms with Gasteiger partial charge in [-0.25, -0.2) is 4.98 Å². The van der Waals surface area contributed by atoms with Crippen LogP contribution in [-0.2, 0) is 11.3 Å². The van der Waals surface area contributed by atoms with Gasteiger partial charge in [-0.2, -0.15) is 0 Å². The molecule has 106 valence electrons. The van der Waals surface area contributed by atoms with Gasteiger partial charge in [0.1, 0.15) is 5.01 Å². The van der Waals surface area contributed by atoms with Crippen LogP contribution in [0.25, 0.3) is 0 Å². The first-order valence-corrected chi connectivity index (χ1v) is 7.71. The molecule has 1 aliphatic rings. The van der Waals surface area contributed by atoms with Gasteiger partial charge in [0.2, 0.25) is 5.91 Å². The highest BCUT2D eigenvalue weighted by Gasteiger charge is 2.37. The van der Waals surface area contributed by atoms with Gasteiger partial charge in [0, 0.05) is 10.4 Å². The highest BCUT2D eigenvalue weighted by atomic mass is 32.1. The van der Waals surface area contributed by atoms with Crippen LogP contribution in [0.4, 0.5) is 0 Å². The molecule has 1 heterocycles. The Morgan fingerprint density at radius 2 is 2.26 bits per heavy atom. The summed E-state index contributed by atoms with van der Waals surface area (Å²) < 4.78 is 0. The van der Waals surface area contributed by atoms with Crippen molar-refractivity contribution in [2.45, 2.75) is 58.5 Å². The molecular weight excluding hydrogens is 258 g/mol. The number of nitrogens with two attached hydrogens (primary N) is 1. The molecule has 2 unspecified atom stereocenters. The fourth-order valence-electron chi connectivity index (χ4n) is 2.69. The third-order valence-corrected chi connectivity index (χ3v) is 5.13. The molecule has 1 aromatic rings. The highest BCUT2D eigenvalue weighted by molar-refractivity contribution is 7.11. The Hall–Kier alpha value is -0.940. The van der Waals surface area contributed by atoms with Crippen LogP contribution in [0.2, 0.25) is 0 Å². The number of hydrogen-bond acceptors (Lipinski definition) is 4. The smallest absolute Gasteiger partial charge is 0.225 e. The third-order valence-electron chi connectivity index (χ3n) is 4.06. The first-order chi connectivity index (χ1) is 8.90. The third kappa shape index (κ3) is 3.34. The number of thiazole rings is 1. The lowest BCUT2D eigenvalue weighted by atomic mass is 9.74. The van der Waals surface area contributed by atoms with E-state index in [2.05, 4.69) is 17.2 Å². The van der Waals surface area contributed by atoms with Gasteiger partial charge < -0.3 is 11.1 Å². The Balaban J connectivity index is 1.93. The number of nitrogens with one attached hydrogen (secondary N) is 1. The molecular formula is C14H23N3OS. The van der Waals surface area contributed by atoms with Crippen molar-refractivity contribution >= 4 is 17.2 Å². The molecule has 1 saturated carbocycles. The minimum absolute atomic E-state index is 0.0663. The molecule has 4 nitrogen and oxygen atoms in total. The summed E-state index contributed by atoms with van der Waals surface area (Å²) in [6, 6.07) is 0. The fraction of sp³-hybridized carbons (Fsp3) is 0.714. The number of amides is 1. The van der Waals surface area contributed by atoms with E-state index in [1.807, 2.05) is 13.8 Å². The van der Waals surface area contributed by atoms with Gasteiger partial charge in [0.05, 0.1) is 18.2 Å². The Bertz CT molecular complexity index is 448. The zero-order chi connectivity index (χ0) is 14.0. The van der Waals surface area contributed by atoms with Crippen LogP contribution in [0.5, 0.6) is 0 Å². The maximum atomic E-state index is 12.3. The van der Waals surface area contributed by atoms with Crippen molar-refractivity contribution in [2.75, 3.05) is 0 Å². The van der Waals surface area contributed by atoms with E-state index >= 15 is 0 Å². The topological polar surface area (TPSA) is 68.0 Å². The molecule has 2 atom stereocenters. The minimum Gasteiger partial charge on any atom is -0.349 e. The molecule has 0 saturated heterocycles. The van der Waals surface area contributed by atoms with Gasteiger partial charge >= 0.3 is 0 Å². The zero-order valence-electron chi connectivity index (χ0n) is 12.0. The van der Waals surface area contributed by atoms with E-state index in [0.717, 1.165) is 36.4 Å². The predicted octanol–water partition coefficient (Wildman–Crippen LogP) is 2.28. The maximum absolute atomic E-state index is 12.3. The van der Waals surface area contributed by atoms with Crippen LogP contribution in [0.3, 0.4) is 0 Å². The second-order valence-electron chi connectivity index (χ2n) is 5.77. The minimum atomic E-state index is -0.364. The summed E-state index contributed by atoms with van der Waals surface area (Å²) in [5.74, 6) is 0.0126. The van der Waals surface area contributed by atoms with Gasteiger partial charge in [-0.05, 0) is 33.6 Å². The number of nitrogens with zero attached hydrogens (tertiary/aromatic N) is 1. The van der Waals surface area contributed by atoms with Crippen LogP contribution >= 0.6 is 11.3 Å². The summed E-state index contributed by atoms with van der Waals surface area (Å²) in [6.07, 6.45) is 4.05. The quantitative estimate of drug-likeness (QED) is 0.893. The van der Waals surface area contributed by atoms with Crippen LogP contribution < -0.4 is 11.1 Å². The van der Waals surface area contributed by atoms with Crippen molar-refractivity contribution in [3.05, 3.63) is 15.6 Å². The molecule has 5 heteroatoms. The fourth-order valence-corrected chi connectivity index (χ4v) is 3.56. The molecule has 1 aromatic heterocycles. The lowest BCUT2D eigenvalue weighted by Gasteiger charge is -2.37. The summed E-state index contributed by atoms with van der Waals surface area (Å²) >= 11 is 1.65. The lowest BCUT2D eigenvalue weighted by Crippen LogP contribution is -2.52. The molecule has 1 amide bonds. The monoisotopic (exact) mass is 281 g/mol. The normalized spacial score (nSPS) is 27.3. The maximum Gasteiger partial charge on any atom is 0.225 e. The van der Waals surface area contributed by atoms with Crippen LogP contribution in [0.15, 0.2) is 0 Å². The Morgan fingerprint density at radius 1 is 1.53 bits per heavy atom. The molecule has 0 bridgehead atoms. The predicted molar refractivity (Wildman–Crippen MR) is 78.0 cm³/mol. The number of aromatic nitrogens is 1. The van der Waals surface area contributed by atoms with Crippen molar-refractivity contribution in [1.82, 2.24) is 10.3 Å². The van der Waals surface area contributed by atoms with Crippen molar-refractivity contribution in [2.24, 2.45) is 11.7 Å². The first kappa shape index (κ1) is 14.5. The molecule has 0 radical (unpaired) electrons. The molecule has 2 rings (SSSR count). The second kappa shape index (κ2) is 5.59. The first-order valence-electron chi connectivity index (χ1n) is 6.89. The average Bonchev–Trinajstić information content (AvgIpc) is 2.65. The van der Waals surface area contributed by atoms with Crippen molar-refractivity contribution in [1.29, 1.82) is 0 Å². The van der Waals surface area contributed by atoms with Crippen LogP contribution in [-0.4, -0.2) is 16.4 Å². The summed E-state index contributed by atoms with van der Waals surface area (Å²) in [6.45, 7) is 6.56. The van der Waals surface area contributed by atoms with E-state index in [4.69, 9.17) is 5.73 Å². The SMILES string of the molecule is Cc1nc(CNC(=O)C2CCCCC2(C)N)sc1C. The summed E-state index contributed by atoms with van der Waals surface area (Å²) in [4.78, 5) is 17.9. The van der Waals surface area contributed by atoms with E-state index < -0.39 is 0 Å². The molecule has 19 heavy (non-hydrogen) atoms. The van der Waals surface area contributed by atoms with Gasteiger partial charge in [0.25, 0.3) is 0 Å². The summed E-state index contributed by atoms with van der Waals surface area (Å²) in [5.41, 5.74) is 6.93. The van der Waals surface area contributed by atoms with Crippen LogP contribution in [0, 0.1) is 19.8 Å². The number of carbonyl (C=O) groups excluding carboxylic acids is 1. The zero-order valence-corrected chi connectivity index (χ0v) is 12.8. The van der Waals surface area contributed by atoms with Crippen LogP contribution in [0.1, 0.15) is 48.2 Å². The summed E-state index contributed by atoms with van der Waals surface area (Å²) in [5, 5.41) is 3.96. The summed E-state index contributed by atoms with van der Waals surface area (Å²) in [7, 11) is 0. The number of hydrogen-bond donors (Lipinski definition) is 2. The number of rotatable bonds is 3. The van der Waals surface area contributed by atoms with Crippen molar-refractivity contribution in [3.8, 4) is 0 Å². The standard InChI is InChI=1S/C14H23N3OS/c1-9-10(2)19-12(17-9)8-16-13(18)11-6-4-5-7-14(11,3)15/h11H,4-8,15H2,1-3H3,(H,16,18). The van der Waals surface area contributed by atoms with Gasteiger partial charge in [0.15, 0.2) is 0 Å². The van der Waals surface area contributed by atoms with Gasteiger partial charge in [-0.1, -0.05) is 12.8 Å². The van der Waals surface area contributed by atoms with Gasteiger partial charge in [-0.3, -0.25) is 4.79 Å². The second-order valence-corrected chi connectivity index (χ2v) is 7.06. The molecule has 1 fully saturated rings. The lowest BCUT2D eigenvalue weighted by molar-refractivity contribution is -0.128. The Kier molecular flexibility index (Phi) is 4.26. The average molecular weight is 281 g/mol. The van der Waals surface area contributed by atoms with E-state index in [0.29, 0.717) is 6.54 Å².